The minimum atomic E-state index is -1.33. The zero-order valence-corrected chi connectivity index (χ0v) is 15.0. The van der Waals surface area contributed by atoms with Crippen molar-refractivity contribution in [2.45, 2.75) is 23.8 Å². The summed E-state index contributed by atoms with van der Waals surface area (Å²) in [6, 6.07) is 5.79. The van der Waals surface area contributed by atoms with Crippen LogP contribution < -0.4 is 15.7 Å². The van der Waals surface area contributed by atoms with Gasteiger partial charge in [0.1, 0.15) is 16.9 Å². The summed E-state index contributed by atoms with van der Waals surface area (Å²) in [5.74, 6) is -1.26. The maximum atomic E-state index is 12.2. The first-order chi connectivity index (χ1) is 12.4. The molecule has 2 aromatic rings. The molecule has 1 saturated heterocycles. The Bertz CT molecular complexity index is 888. The number of amides is 1. The van der Waals surface area contributed by atoms with Gasteiger partial charge < -0.3 is 19.2 Å². The van der Waals surface area contributed by atoms with E-state index in [0.29, 0.717) is 18.5 Å². The van der Waals surface area contributed by atoms with Gasteiger partial charge in [0.15, 0.2) is 0 Å². The van der Waals surface area contributed by atoms with Gasteiger partial charge in [0.2, 0.25) is 4.84 Å². The summed E-state index contributed by atoms with van der Waals surface area (Å²) in [6.07, 6.45) is 1.80. The number of ether oxygens (including phenoxy) is 2. The first-order valence-electron chi connectivity index (χ1n) is 7.91. The Hall–Kier alpha value is -2.09. The molecule has 0 saturated carbocycles. The predicted molar refractivity (Wildman–Crippen MR) is 94.9 cm³/mol. The van der Waals surface area contributed by atoms with Crippen molar-refractivity contribution in [2.24, 2.45) is 0 Å². The summed E-state index contributed by atoms with van der Waals surface area (Å²) >= 11 is 10.8. The lowest BCUT2D eigenvalue weighted by molar-refractivity contribution is -0.132. The van der Waals surface area contributed by atoms with E-state index in [1.54, 1.807) is 6.07 Å². The third-order valence-electron chi connectivity index (χ3n) is 3.86. The van der Waals surface area contributed by atoms with Crippen LogP contribution in [-0.2, 0) is 9.53 Å². The third kappa shape index (κ3) is 4.35. The lowest BCUT2D eigenvalue weighted by Gasteiger charge is -2.10. The fourth-order valence-electron chi connectivity index (χ4n) is 2.58. The maximum absolute atomic E-state index is 12.2. The van der Waals surface area contributed by atoms with Gasteiger partial charge >= 0.3 is 11.6 Å². The second-order valence-electron chi connectivity index (χ2n) is 5.71. The number of hydrogen-bond donors (Lipinski definition) is 1. The van der Waals surface area contributed by atoms with E-state index in [4.69, 9.17) is 37.1 Å². The lowest BCUT2D eigenvalue weighted by Crippen LogP contribution is -2.34. The van der Waals surface area contributed by atoms with Crippen LogP contribution >= 0.6 is 23.2 Å². The summed E-state index contributed by atoms with van der Waals surface area (Å²) in [6.45, 7) is 1.02. The highest BCUT2D eigenvalue weighted by atomic mass is 35.5. The van der Waals surface area contributed by atoms with Gasteiger partial charge in [-0.05, 0) is 31.0 Å². The number of carbonyl (C=O) groups is 2. The minimum absolute atomic E-state index is 0.0311. The van der Waals surface area contributed by atoms with E-state index in [-0.39, 0.29) is 23.0 Å². The highest BCUT2D eigenvalue weighted by Crippen LogP contribution is 2.22. The van der Waals surface area contributed by atoms with Crippen LogP contribution in [0.5, 0.6) is 5.75 Å². The number of hydrogen-bond acceptors (Lipinski definition) is 6. The molecule has 0 spiro atoms. The number of nitrogens with one attached hydrogen (secondary N) is 1. The molecule has 1 fully saturated rings. The van der Waals surface area contributed by atoms with Crippen LogP contribution in [0, 0.1) is 0 Å². The smallest absolute Gasteiger partial charge is 0.349 e. The van der Waals surface area contributed by atoms with Crippen molar-refractivity contribution in [1.82, 2.24) is 5.32 Å². The summed E-state index contributed by atoms with van der Waals surface area (Å²) in [4.78, 5) is 34.4. The molecule has 1 aromatic heterocycles. The topological polar surface area (TPSA) is 94.8 Å². The highest BCUT2D eigenvalue weighted by molar-refractivity contribution is 6.53. The Labute approximate surface area is 158 Å². The quantitative estimate of drug-likeness (QED) is 0.359. The minimum Gasteiger partial charge on any atom is -0.424 e. The van der Waals surface area contributed by atoms with Gasteiger partial charge in [0.25, 0.3) is 5.91 Å². The van der Waals surface area contributed by atoms with E-state index in [2.05, 4.69) is 5.32 Å². The predicted octanol–water partition coefficient (Wildman–Crippen LogP) is 2.41. The number of fused-ring (bicyclic) bond motifs is 1. The first-order valence-corrected chi connectivity index (χ1v) is 8.79. The van der Waals surface area contributed by atoms with E-state index >= 15 is 0 Å². The van der Waals surface area contributed by atoms with Crippen molar-refractivity contribution < 1.29 is 23.5 Å². The molecule has 0 aliphatic carbocycles. The van der Waals surface area contributed by atoms with Crippen molar-refractivity contribution in [3.8, 4) is 5.75 Å². The normalized spacial score (nSPS) is 16.8. The molecular weight excluding hydrogens is 385 g/mol. The molecule has 1 N–H and O–H groups in total. The summed E-state index contributed by atoms with van der Waals surface area (Å²) in [5.41, 5.74) is -0.739. The number of carbonyl (C=O) groups excluding carboxylic acids is 2. The lowest BCUT2D eigenvalue weighted by atomic mass is 10.1. The van der Waals surface area contributed by atoms with E-state index in [1.807, 2.05) is 0 Å². The summed E-state index contributed by atoms with van der Waals surface area (Å²) < 4.78 is 15.5. The molecule has 138 valence electrons. The van der Waals surface area contributed by atoms with Crippen molar-refractivity contribution in [2.75, 3.05) is 13.2 Å². The van der Waals surface area contributed by atoms with Crippen LogP contribution in [0.3, 0.4) is 0 Å². The molecule has 26 heavy (non-hydrogen) atoms. The standard InChI is InChI=1S/C17H15Cl2NO6/c18-14(19)17(23)25-10-4-3-9-6-12(16(22)26-13(9)7-10)15(21)20-8-11-2-1-5-24-11/h3-4,6-7,11,14H,1-2,5,8H2,(H,20,21). The molecular formula is C17H15Cl2NO6. The van der Waals surface area contributed by atoms with Gasteiger partial charge in [-0.3, -0.25) is 4.79 Å². The van der Waals surface area contributed by atoms with Crippen molar-refractivity contribution in [3.63, 3.8) is 0 Å². The Morgan fingerprint density at radius 1 is 1.31 bits per heavy atom. The van der Waals surface area contributed by atoms with Gasteiger partial charge in [-0.15, -0.1) is 0 Å². The van der Waals surface area contributed by atoms with Gasteiger partial charge in [-0.2, -0.15) is 0 Å². The van der Waals surface area contributed by atoms with E-state index in [1.165, 1.54) is 18.2 Å². The molecule has 1 aliphatic rings. The number of rotatable bonds is 5. The van der Waals surface area contributed by atoms with Crippen LogP contribution in [0.4, 0.5) is 0 Å². The second kappa shape index (κ2) is 8.07. The van der Waals surface area contributed by atoms with Crippen molar-refractivity contribution in [1.29, 1.82) is 0 Å². The number of esters is 1. The third-order valence-corrected chi connectivity index (χ3v) is 4.22. The Kier molecular flexibility index (Phi) is 5.80. The molecule has 1 aliphatic heterocycles. The first kappa shape index (κ1) is 18.7. The van der Waals surface area contributed by atoms with Gasteiger partial charge in [0, 0.05) is 24.6 Å². The van der Waals surface area contributed by atoms with Crippen LogP contribution in [0.2, 0.25) is 0 Å². The van der Waals surface area contributed by atoms with Gasteiger partial charge in [-0.25, -0.2) is 9.59 Å². The van der Waals surface area contributed by atoms with Gasteiger partial charge in [-0.1, -0.05) is 23.2 Å². The Morgan fingerprint density at radius 3 is 2.81 bits per heavy atom. The highest BCUT2D eigenvalue weighted by Gasteiger charge is 2.19. The van der Waals surface area contributed by atoms with Crippen molar-refractivity contribution in [3.05, 3.63) is 40.2 Å². The average Bonchev–Trinajstić information content (AvgIpc) is 3.12. The van der Waals surface area contributed by atoms with Crippen LogP contribution in [0.15, 0.2) is 33.5 Å². The largest absolute Gasteiger partial charge is 0.424 e. The molecule has 1 aromatic carbocycles. The van der Waals surface area contributed by atoms with E-state index < -0.39 is 22.3 Å². The van der Waals surface area contributed by atoms with E-state index in [9.17, 15) is 14.4 Å². The molecule has 2 heterocycles. The molecule has 9 heteroatoms. The van der Waals surface area contributed by atoms with Crippen LogP contribution in [0.1, 0.15) is 23.2 Å². The fraction of sp³-hybridized carbons (Fsp3) is 0.353. The van der Waals surface area contributed by atoms with Crippen molar-refractivity contribution >= 4 is 46.0 Å². The molecule has 1 atom stereocenters. The zero-order chi connectivity index (χ0) is 18.7. The Balaban J connectivity index is 1.77. The zero-order valence-electron chi connectivity index (χ0n) is 13.5. The maximum Gasteiger partial charge on any atom is 0.349 e. The molecule has 0 radical (unpaired) electrons. The van der Waals surface area contributed by atoms with Crippen LogP contribution in [0.25, 0.3) is 11.0 Å². The van der Waals surface area contributed by atoms with E-state index in [0.717, 1.165) is 12.8 Å². The second-order valence-corrected chi connectivity index (χ2v) is 6.81. The monoisotopic (exact) mass is 399 g/mol. The summed E-state index contributed by atoms with van der Waals surface area (Å²) in [5, 5.41) is 3.17. The van der Waals surface area contributed by atoms with Crippen LogP contribution in [-0.4, -0.2) is 36.0 Å². The molecule has 0 bridgehead atoms. The molecule has 1 unspecified atom stereocenters. The Morgan fingerprint density at radius 2 is 2.12 bits per heavy atom. The molecule has 3 rings (SSSR count). The number of benzene rings is 1. The molecule has 7 nitrogen and oxygen atoms in total. The number of halogens is 2. The fourth-order valence-corrected chi connectivity index (χ4v) is 2.67. The average molecular weight is 400 g/mol. The molecule has 1 amide bonds. The van der Waals surface area contributed by atoms with Gasteiger partial charge in [0.05, 0.1) is 6.10 Å². The SMILES string of the molecule is O=C(NCC1CCCO1)c1cc2ccc(OC(=O)C(Cl)Cl)cc2oc1=O. The summed E-state index contributed by atoms with van der Waals surface area (Å²) in [7, 11) is 0. The number of alkyl halides is 2.